The Morgan fingerprint density at radius 1 is 1.11 bits per heavy atom. The van der Waals surface area contributed by atoms with Gasteiger partial charge in [-0.05, 0) is 37.1 Å². The number of imidazole rings is 1. The van der Waals surface area contributed by atoms with Crippen LogP contribution in [0.25, 0.3) is 5.65 Å². The first-order valence-corrected chi connectivity index (χ1v) is 6.21. The van der Waals surface area contributed by atoms with E-state index in [4.69, 9.17) is 5.73 Å². The van der Waals surface area contributed by atoms with Gasteiger partial charge in [-0.25, -0.2) is 4.98 Å². The summed E-state index contributed by atoms with van der Waals surface area (Å²) in [5.41, 5.74) is 10.9. The van der Waals surface area contributed by atoms with Crippen LogP contribution >= 0.6 is 0 Å². The zero-order valence-electron chi connectivity index (χ0n) is 11.0. The SMILES string of the molecule is Cc1cccc(C)c1Nc1cnc2c(N)cccn12. The van der Waals surface area contributed by atoms with Gasteiger partial charge in [-0.3, -0.25) is 4.40 Å². The zero-order valence-corrected chi connectivity index (χ0v) is 11.0. The van der Waals surface area contributed by atoms with Crippen molar-refractivity contribution in [3.05, 3.63) is 53.9 Å². The lowest BCUT2D eigenvalue weighted by molar-refractivity contribution is 1.18. The van der Waals surface area contributed by atoms with Gasteiger partial charge in [0.25, 0.3) is 0 Å². The molecule has 0 atom stereocenters. The monoisotopic (exact) mass is 252 g/mol. The lowest BCUT2D eigenvalue weighted by atomic mass is 10.1. The third-order valence-corrected chi connectivity index (χ3v) is 3.30. The third-order valence-electron chi connectivity index (χ3n) is 3.30. The molecule has 0 aliphatic carbocycles. The fourth-order valence-corrected chi connectivity index (χ4v) is 2.26. The molecule has 0 bridgehead atoms. The molecule has 0 unspecified atom stereocenters. The molecule has 0 fully saturated rings. The number of nitrogens with one attached hydrogen (secondary N) is 1. The van der Waals surface area contributed by atoms with Gasteiger partial charge in [0.15, 0.2) is 5.65 Å². The fraction of sp³-hybridized carbons (Fsp3) is 0.133. The molecule has 0 aliphatic rings. The number of pyridine rings is 1. The molecular weight excluding hydrogens is 236 g/mol. The first-order chi connectivity index (χ1) is 9.16. The van der Waals surface area contributed by atoms with Crippen LogP contribution in [-0.4, -0.2) is 9.38 Å². The summed E-state index contributed by atoms with van der Waals surface area (Å²) in [6.45, 7) is 4.18. The Kier molecular flexibility index (Phi) is 2.63. The lowest BCUT2D eigenvalue weighted by Gasteiger charge is -2.12. The molecule has 4 heteroatoms. The Balaban J connectivity index is 2.09. The Morgan fingerprint density at radius 3 is 2.58 bits per heavy atom. The lowest BCUT2D eigenvalue weighted by Crippen LogP contribution is -1.99. The molecule has 0 saturated carbocycles. The van der Waals surface area contributed by atoms with Crippen LogP contribution in [0.4, 0.5) is 17.2 Å². The van der Waals surface area contributed by atoms with E-state index in [1.165, 1.54) is 11.1 Å². The van der Waals surface area contributed by atoms with Gasteiger partial charge in [0.2, 0.25) is 0 Å². The molecule has 19 heavy (non-hydrogen) atoms. The third kappa shape index (κ3) is 1.91. The van der Waals surface area contributed by atoms with Crippen LogP contribution in [-0.2, 0) is 0 Å². The Hall–Kier alpha value is -2.49. The van der Waals surface area contributed by atoms with Crippen molar-refractivity contribution in [1.29, 1.82) is 0 Å². The van der Waals surface area contributed by atoms with Crippen molar-refractivity contribution in [2.45, 2.75) is 13.8 Å². The Morgan fingerprint density at radius 2 is 1.84 bits per heavy atom. The van der Waals surface area contributed by atoms with E-state index in [1.54, 1.807) is 6.20 Å². The van der Waals surface area contributed by atoms with Gasteiger partial charge in [0.1, 0.15) is 5.82 Å². The quantitative estimate of drug-likeness (QED) is 0.736. The Labute approximate surface area is 111 Å². The summed E-state index contributed by atoms with van der Waals surface area (Å²) in [6.07, 6.45) is 3.76. The predicted molar refractivity (Wildman–Crippen MR) is 78.8 cm³/mol. The van der Waals surface area contributed by atoms with Crippen LogP contribution in [0.3, 0.4) is 0 Å². The molecule has 4 nitrogen and oxygen atoms in total. The number of rotatable bonds is 2. The van der Waals surface area contributed by atoms with Crippen LogP contribution in [0.5, 0.6) is 0 Å². The van der Waals surface area contributed by atoms with Gasteiger partial charge in [-0.15, -0.1) is 0 Å². The van der Waals surface area contributed by atoms with Crippen LogP contribution in [0.1, 0.15) is 11.1 Å². The second kappa shape index (κ2) is 4.31. The van der Waals surface area contributed by atoms with E-state index < -0.39 is 0 Å². The summed E-state index contributed by atoms with van der Waals surface area (Å²) >= 11 is 0. The topological polar surface area (TPSA) is 55.3 Å². The zero-order chi connectivity index (χ0) is 13.4. The van der Waals surface area contributed by atoms with E-state index in [0.29, 0.717) is 5.69 Å². The predicted octanol–water partition coefficient (Wildman–Crippen LogP) is 3.28. The van der Waals surface area contributed by atoms with Gasteiger partial charge in [0.05, 0.1) is 11.9 Å². The largest absolute Gasteiger partial charge is 0.396 e. The normalized spacial score (nSPS) is 10.8. The second-order valence-electron chi connectivity index (χ2n) is 4.69. The number of para-hydroxylation sites is 1. The molecule has 0 amide bonds. The highest BCUT2D eigenvalue weighted by Gasteiger charge is 2.08. The highest BCUT2D eigenvalue weighted by atomic mass is 15.1. The van der Waals surface area contributed by atoms with Crippen molar-refractivity contribution in [2.75, 3.05) is 11.1 Å². The van der Waals surface area contributed by atoms with Gasteiger partial charge < -0.3 is 11.1 Å². The molecule has 3 aromatic rings. The molecule has 1 aromatic carbocycles. The fourth-order valence-electron chi connectivity index (χ4n) is 2.26. The van der Waals surface area contributed by atoms with E-state index >= 15 is 0 Å². The number of nitrogens with zero attached hydrogens (tertiary/aromatic N) is 2. The number of benzene rings is 1. The second-order valence-corrected chi connectivity index (χ2v) is 4.69. The van der Waals surface area contributed by atoms with Gasteiger partial charge in [-0.1, -0.05) is 18.2 Å². The minimum atomic E-state index is 0.678. The smallest absolute Gasteiger partial charge is 0.161 e. The van der Waals surface area contributed by atoms with E-state index in [-0.39, 0.29) is 0 Å². The van der Waals surface area contributed by atoms with Crippen LogP contribution in [0.2, 0.25) is 0 Å². The highest BCUT2D eigenvalue weighted by Crippen LogP contribution is 2.25. The number of fused-ring (bicyclic) bond motifs is 1. The Bertz CT molecular complexity index is 723. The molecular formula is C15H16N4. The molecule has 2 aromatic heterocycles. The van der Waals surface area contributed by atoms with E-state index in [9.17, 15) is 0 Å². The van der Waals surface area contributed by atoms with Crippen molar-refractivity contribution < 1.29 is 0 Å². The number of hydrogen-bond donors (Lipinski definition) is 2. The van der Waals surface area contributed by atoms with E-state index in [1.807, 2.05) is 22.7 Å². The van der Waals surface area contributed by atoms with Crippen LogP contribution in [0.15, 0.2) is 42.7 Å². The van der Waals surface area contributed by atoms with E-state index in [0.717, 1.165) is 17.2 Å². The number of nitrogens with two attached hydrogens (primary N) is 1. The summed E-state index contributed by atoms with van der Waals surface area (Å²) in [5.74, 6) is 0.916. The maximum atomic E-state index is 5.91. The molecule has 96 valence electrons. The molecule has 0 saturated heterocycles. The first kappa shape index (κ1) is 11.6. The summed E-state index contributed by atoms with van der Waals surface area (Å²) in [5, 5.41) is 3.44. The number of hydrogen-bond acceptors (Lipinski definition) is 3. The average Bonchev–Trinajstić information content (AvgIpc) is 2.79. The van der Waals surface area contributed by atoms with Crippen molar-refractivity contribution in [3.63, 3.8) is 0 Å². The van der Waals surface area contributed by atoms with Crippen molar-refractivity contribution in [3.8, 4) is 0 Å². The van der Waals surface area contributed by atoms with Gasteiger partial charge in [-0.2, -0.15) is 0 Å². The number of anilines is 3. The standard InChI is InChI=1S/C15H16N4/c1-10-5-3-6-11(2)14(10)18-13-9-17-15-12(16)7-4-8-19(13)15/h3-9,18H,16H2,1-2H3. The first-order valence-electron chi connectivity index (χ1n) is 6.21. The summed E-state index contributed by atoms with van der Waals surface area (Å²) in [7, 11) is 0. The maximum Gasteiger partial charge on any atom is 0.161 e. The number of aromatic nitrogens is 2. The van der Waals surface area contributed by atoms with Crippen LogP contribution in [0, 0.1) is 13.8 Å². The molecule has 0 spiro atoms. The minimum absolute atomic E-state index is 0.678. The van der Waals surface area contributed by atoms with Gasteiger partial charge >= 0.3 is 0 Å². The highest BCUT2D eigenvalue weighted by molar-refractivity contribution is 5.71. The molecule has 3 N–H and O–H groups in total. The molecule has 3 rings (SSSR count). The van der Waals surface area contributed by atoms with Crippen molar-refractivity contribution >= 4 is 22.8 Å². The minimum Gasteiger partial charge on any atom is -0.396 e. The molecule has 2 heterocycles. The summed E-state index contributed by atoms with van der Waals surface area (Å²) in [4.78, 5) is 4.35. The van der Waals surface area contributed by atoms with Crippen molar-refractivity contribution in [2.24, 2.45) is 0 Å². The summed E-state index contributed by atoms with van der Waals surface area (Å²) < 4.78 is 1.96. The number of aryl methyl sites for hydroxylation is 2. The van der Waals surface area contributed by atoms with Crippen LogP contribution < -0.4 is 11.1 Å². The number of nitrogen functional groups attached to an aromatic ring is 1. The van der Waals surface area contributed by atoms with Crippen molar-refractivity contribution in [1.82, 2.24) is 9.38 Å². The average molecular weight is 252 g/mol. The van der Waals surface area contributed by atoms with Gasteiger partial charge in [0, 0.05) is 11.9 Å². The van der Waals surface area contributed by atoms with E-state index in [2.05, 4.69) is 42.3 Å². The maximum absolute atomic E-state index is 5.91. The molecule has 0 aliphatic heterocycles. The molecule has 0 radical (unpaired) electrons. The summed E-state index contributed by atoms with van der Waals surface area (Å²) in [6, 6.07) is 10.0.